The van der Waals surface area contributed by atoms with Crippen molar-refractivity contribution in [2.75, 3.05) is 40.4 Å². The first-order valence-corrected chi connectivity index (χ1v) is 8.38. The second-order valence-corrected chi connectivity index (χ2v) is 6.99. The molecule has 6 nitrogen and oxygen atoms in total. The van der Waals surface area contributed by atoms with Crippen molar-refractivity contribution in [3.8, 4) is 0 Å². The fourth-order valence-corrected chi connectivity index (χ4v) is 3.70. The van der Waals surface area contributed by atoms with Crippen LogP contribution in [-0.2, 0) is 11.3 Å². The molecule has 1 aromatic rings. The molecule has 1 aromatic heterocycles. The second kappa shape index (κ2) is 6.93. The molecule has 2 saturated heterocycles. The minimum atomic E-state index is -0.0271. The Bertz CT molecular complexity index is 507. The van der Waals surface area contributed by atoms with Crippen LogP contribution in [0, 0.1) is 5.41 Å². The Balaban J connectivity index is 1.60. The topological polar surface area (TPSA) is 58.0 Å². The highest BCUT2D eigenvalue weighted by Gasteiger charge is 2.44. The van der Waals surface area contributed by atoms with Crippen LogP contribution < -0.4 is 5.32 Å². The van der Waals surface area contributed by atoms with Crippen molar-refractivity contribution in [2.45, 2.75) is 31.8 Å². The van der Waals surface area contributed by atoms with E-state index >= 15 is 0 Å². The highest BCUT2D eigenvalue weighted by atomic mass is 16.5. The third kappa shape index (κ3) is 3.70. The molecular weight excluding hydrogens is 294 g/mol. The smallest absolute Gasteiger partial charge is 0.317 e. The molecule has 2 amide bonds. The van der Waals surface area contributed by atoms with Crippen LogP contribution in [0.25, 0.3) is 0 Å². The number of furan rings is 1. The number of rotatable bonds is 3. The van der Waals surface area contributed by atoms with Crippen LogP contribution in [0.15, 0.2) is 23.0 Å². The molecule has 128 valence electrons. The zero-order valence-corrected chi connectivity index (χ0v) is 14.1. The highest BCUT2D eigenvalue weighted by Crippen LogP contribution is 2.41. The molecule has 1 atom stereocenters. The number of amides is 2. The van der Waals surface area contributed by atoms with Crippen molar-refractivity contribution in [1.29, 1.82) is 0 Å². The van der Waals surface area contributed by atoms with Gasteiger partial charge in [-0.25, -0.2) is 4.79 Å². The van der Waals surface area contributed by atoms with Gasteiger partial charge in [0.25, 0.3) is 0 Å². The lowest BCUT2D eigenvalue weighted by Crippen LogP contribution is -2.58. The molecule has 1 unspecified atom stereocenters. The normalized spacial score (nSPS) is 24.5. The van der Waals surface area contributed by atoms with E-state index in [1.165, 1.54) is 5.56 Å². The SMILES string of the molecule is CN(C)C(=O)NC1COCCC12CCN(Cc1ccoc1)CC2. The van der Waals surface area contributed by atoms with E-state index in [4.69, 9.17) is 9.15 Å². The van der Waals surface area contributed by atoms with E-state index in [0.717, 1.165) is 45.5 Å². The number of hydrogen-bond acceptors (Lipinski definition) is 4. The van der Waals surface area contributed by atoms with Crippen LogP contribution >= 0.6 is 0 Å². The summed E-state index contributed by atoms with van der Waals surface area (Å²) in [5, 5.41) is 3.17. The third-order valence-electron chi connectivity index (χ3n) is 5.31. The van der Waals surface area contributed by atoms with E-state index in [2.05, 4.69) is 10.2 Å². The van der Waals surface area contributed by atoms with Crippen LogP contribution in [0.1, 0.15) is 24.8 Å². The predicted molar refractivity (Wildman–Crippen MR) is 87.1 cm³/mol. The first-order chi connectivity index (χ1) is 11.1. The van der Waals surface area contributed by atoms with Gasteiger partial charge in [0.1, 0.15) is 0 Å². The zero-order chi connectivity index (χ0) is 16.3. The summed E-state index contributed by atoms with van der Waals surface area (Å²) in [6, 6.07) is 2.11. The maximum absolute atomic E-state index is 12.1. The van der Waals surface area contributed by atoms with Gasteiger partial charge in [0.15, 0.2) is 0 Å². The highest BCUT2D eigenvalue weighted by molar-refractivity contribution is 5.74. The van der Waals surface area contributed by atoms with Gasteiger partial charge < -0.3 is 19.4 Å². The maximum Gasteiger partial charge on any atom is 0.317 e. The molecule has 1 N–H and O–H groups in total. The number of ether oxygens (including phenoxy) is 1. The molecule has 6 heteroatoms. The van der Waals surface area contributed by atoms with Gasteiger partial charge in [-0.1, -0.05) is 0 Å². The standard InChI is InChI=1S/C17H27N3O3/c1-19(2)16(21)18-15-13-23-10-6-17(15)4-7-20(8-5-17)11-14-3-9-22-12-14/h3,9,12,15H,4-8,10-11,13H2,1-2H3,(H,18,21). The van der Waals surface area contributed by atoms with Gasteiger partial charge in [-0.05, 0) is 43.8 Å². The summed E-state index contributed by atoms with van der Waals surface area (Å²) in [4.78, 5) is 16.1. The van der Waals surface area contributed by atoms with Gasteiger partial charge in [0, 0.05) is 32.8 Å². The lowest BCUT2D eigenvalue weighted by Gasteiger charge is -2.49. The summed E-state index contributed by atoms with van der Waals surface area (Å²) in [7, 11) is 3.55. The Labute approximate surface area is 137 Å². The fourth-order valence-electron chi connectivity index (χ4n) is 3.70. The van der Waals surface area contributed by atoms with Crippen molar-refractivity contribution < 1.29 is 13.9 Å². The average molecular weight is 321 g/mol. The molecule has 23 heavy (non-hydrogen) atoms. The number of hydrogen-bond donors (Lipinski definition) is 1. The summed E-state index contributed by atoms with van der Waals surface area (Å²) in [6.07, 6.45) is 6.79. The first-order valence-electron chi connectivity index (χ1n) is 8.38. The van der Waals surface area contributed by atoms with Gasteiger partial charge in [0.2, 0.25) is 0 Å². The number of carbonyl (C=O) groups excluding carboxylic acids is 1. The van der Waals surface area contributed by atoms with Crippen LogP contribution in [-0.4, -0.2) is 62.3 Å². The Kier molecular flexibility index (Phi) is 4.92. The molecule has 0 bridgehead atoms. The monoisotopic (exact) mass is 321 g/mol. The van der Waals surface area contributed by atoms with Crippen molar-refractivity contribution in [3.63, 3.8) is 0 Å². The molecule has 2 aliphatic rings. The average Bonchev–Trinajstić information content (AvgIpc) is 3.05. The van der Waals surface area contributed by atoms with E-state index in [1.807, 2.05) is 12.3 Å². The van der Waals surface area contributed by atoms with Crippen LogP contribution in [0.3, 0.4) is 0 Å². The Morgan fingerprint density at radius 1 is 1.39 bits per heavy atom. The van der Waals surface area contributed by atoms with Gasteiger partial charge in [0.05, 0.1) is 25.2 Å². The summed E-state index contributed by atoms with van der Waals surface area (Å²) < 4.78 is 10.8. The van der Waals surface area contributed by atoms with Crippen molar-refractivity contribution in [2.24, 2.45) is 5.41 Å². The van der Waals surface area contributed by atoms with Gasteiger partial charge >= 0.3 is 6.03 Å². The molecule has 0 saturated carbocycles. The third-order valence-corrected chi connectivity index (χ3v) is 5.31. The molecule has 1 spiro atoms. The summed E-state index contributed by atoms with van der Waals surface area (Å²) in [5.74, 6) is 0. The first kappa shape index (κ1) is 16.3. The van der Waals surface area contributed by atoms with E-state index < -0.39 is 0 Å². The summed E-state index contributed by atoms with van der Waals surface area (Å²) in [6.45, 7) is 4.48. The van der Waals surface area contributed by atoms with E-state index in [1.54, 1.807) is 25.3 Å². The number of nitrogens with one attached hydrogen (secondary N) is 1. The van der Waals surface area contributed by atoms with Gasteiger partial charge in [-0.2, -0.15) is 0 Å². The molecule has 2 aliphatic heterocycles. The number of carbonyl (C=O) groups is 1. The summed E-state index contributed by atoms with van der Waals surface area (Å²) in [5.41, 5.74) is 1.40. The molecule has 3 heterocycles. The lowest BCUT2D eigenvalue weighted by atomic mass is 9.69. The van der Waals surface area contributed by atoms with Crippen LogP contribution in [0.2, 0.25) is 0 Å². The van der Waals surface area contributed by atoms with Crippen molar-refractivity contribution >= 4 is 6.03 Å². The van der Waals surface area contributed by atoms with Gasteiger partial charge in [-0.15, -0.1) is 0 Å². The Hall–Kier alpha value is -1.53. The molecule has 2 fully saturated rings. The zero-order valence-electron chi connectivity index (χ0n) is 14.1. The van der Waals surface area contributed by atoms with E-state index in [9.17, 15) is 4.79 Å². The van der Waals surface area contributed by atoms with E-state index in [0.29, 0.717) is 6.61 Å². The fraction of sp³-hybridized carbons (Fsp3) is 0.706. The molecule has 0 aliphatic carbocycles. The van der Waals surface area contributed by atoms with E-state index in [-0.39, 0.29) is 17.5 Å². The van der Waals surface area contributed by atoms with Crippen LogP contribution in [0.4, 0.5) is 4.79 Å². The second-order valence-electron chi connectivity index (χ2n) is 6.99. The minimum absolute atomic E-state index is 0.0271. The number of urea groups is 1. The minimum Gasteiger partial charge on any atom is -0.472 e. The largest absolute Gasteiger partial charge is 0.472 e. The molecule has 3 rings (SSSR count). The number of piperidine rings is 1. The number of likely N-dealkylation sites (tertiary alicyclic amines) is 1. The molecule has 0 radical (unpaired) electrons. The van der Waals surface area contributed by atoms with Crippen LogP contribution in [0.5, 0.6) is 0 Å². The summed E-state index contributed by atoms with van der Waals surface area (Å²) >= 11 is 0. The Morgan fingerprint density at radius 2 is 2.17 bits per heavy atom. The van der Waals surface area contributed by atoms with Crippen molar-refractivity contribution in [1.82, 2.24) is 15.1 Å². The lowest BCUT2D eigenvalue weighted by molar-refractivity contribution is -0.0484. The van der Waals surface area contributed by atoms with Crippen molar-refractivity contribution in [3.05, 3.63) is 24.2 Å². The number of nitrogens with zero attached hydrogens (tertiary/aromatic N) is 2. The maximum atomic E-state index is 12.1. The Morgan fingerprint density at radius 3 is 2.83 bits per heavy atom. The van der Waals surface area contributed by atoms with Gasteiger partial charge in [-0.3, -0.25) is 4.90 Å². The molecular formula is C17H27N3O3. The quantitative estimate of drug-likeness (QED) is 0.924. The molecule has 0 aromatic carbocycles. The predicted octanol–water partition coefficient (Wildman–Crippen LogP) is 1.92.